The van der Waals surface area contributed by atoms with Gasteiger partial charge in [-0.05, 0) is 28.1 Å². The fraction of sp³-hybridized carbons (Fsp3) is 0.250. The van der Waals surface area contributed by atoms with Gasteiger partial charge in [-0.3, -0.25) is 0 Å². The lowest BCUT2D eigenvalue weighted by Gasteiger charge is -2.01. The van der Waals surface area contributed by atoms with E-state index in [4.69, 9.17) is 9.84 Å². The van der Waals surface area contributed by atoms with E-state index in [2.05, 4.69) is 20.9 Å². The second kappa shape index (κ2) is 4.34. The molecule has 0 spiro atoms. The first-order chi connectivity index (χ1) is 6.15. The van der Waals surface area contributed by atoms with E-state index in [0.717, 1.165) is 0 Å². The Morgan fingerprint density at radius 3 is 2.92 bits per heavy atom. The van der Waals surface area contributed by atoms with Crippen LogP contribution < -0.4 is 0 Å². The van der Waals surface area contributed by atoms with Gasteiger partial charge in [0.15, 0.2) is 5.69 Å². The highest BCUT2D eigenvalue weighted by atomic mass is 79.9. The first-order valence-electron chi connectivity index (χ1n) is 3.53. The zero-order valence-electron chi connectivity index (χ0n) is 6.95. The molecule has 0 saturated carbocycles. The fourth-order valence-electron chi connectivity index (χ4n) is 0.861. The lowest BCUT2D eigenvalue weighted by Crippen LogP contribution is -2.04. The summed E-state index contributed by atoms with van der Waals surface area (Å²) >= 11 is 3.10. The number of carboxylic acids is 1. The maximum atomic E-state index is 10.6. The van der Waals surface area contributed by atoms with Gasteiger partial charge in [-0.15, -0.1) is 0 Å². The van der Waals surface area contributed by atoms with Crippen LogP contribution in [-0.4, -0.2) is 23.2 Å². The van der Waals surface area contributed by atoms with Gasteiger partial charge in [0, 0.05) is 7.11 Å². The molecule has 0 fully saturated rings. The number of halogens is 1. The molecule has 0 aromatic carbocycles. The van der Waals surface area contributed by atoms with Crippen molar-refractivity contribution >= 4 is 21.9 Å². The van der Waals surface area contributed by atoms with Gasteiger partial charge in [-0.2, -0.15) is 0 Å². The van der Waals surface area contributed by atoms with E-state index in [0.29, 0.717) is 16.8 Å². The summed E-state index contributed by atoms with van der Waals surface area (Å²) in [6.07, 6.45) is 0. The van der Waals surface area contributed by atoms with E-state index < -0.39 is 5.97 Å². The molecule has 1 aromatic rings. The minimum atomic E-state index is -1.05. The Bertz CT molecular complexity index is 327. The SMILES string of the molecule is COCc1ccc(Br)c(C(=O)O)n1. The monoisotopic (exact) mass is 245 g/mol. The molecule has 0 aliphatic rings. The number of carboxylic acid groups (broad SMARTS) is 1. The average molecular weight is 246 g/mol. The molecule has 0 amide bonds. The van der Waals surface area contributed by atoms with Gasteiger partial charge >= 0.3 is 5.97 Å². The molecule has 0 saturated heterocycles. The summed E-state index contributed by atoms with van der Waals surface area (Å²) in [5.41, 5.74) is 0.609. The summed E-state index contributed by atoms with van der Waals surface area (Å²) in [4.78, 5) is 14.5. The summed E-state index contributed by atoms with van der Waals surface area (Å²) in [5, 5.41) is 8.73. The quantitative estimate of drug-likeness (QED) is 0.881. The number of nitrogens with zero attached hydrogens (tertiary/aromatic N) is 1. The molecule has 0 bridgehead atoms. The number of aromatic nitrogens is 1. The third-order valence-electron chi connectivity index (χ3n) is 1.40. The van der Waals surface area contributed by atoms with Gasteiger partial charge in [-0.25, -0.2) is 9.78 Å². The lowest BCUT2D eigenvalue weighted by atomic mass is 10.3. The number of pyridine rings is 1. The number of carbonyl (C=O) groups is 1. The summed E-state index contributed by atoms with van der Waals surface area (Å²) in [5.74, 6) is -1.05. The van der Waals surface area contributed by atoms with Gasteiger partial charge in [0.2, 0.25) is 0 Å². The number of rotatable bonds is 3. The highest BCUT2D eigenvalue weighted by Crippen LogP contribution is 2.15. The van der Waals surface area contributed by atoms with Crippen molar-refractivity contribution in [2.24, 2.45) is 0 Å². The first-order valence-corrected chi connectivity index (χ1v) is 4.32. The lowest BCUT2D eigenvalue weighted by molar-refractivity contribution is 0.0688. The molecule has 1 N–H and O–H groups in total. The summed E-state index contributed by atoms with van der Waals surface area (Å²) in [6.45, 7) is 0.313. The largest absolute Gasteiger partial charge is 0.476 e. The van der Waals surface area contributed by atoms with Gasteiger partial charge in [0.25, 0.3) is 0 Å². The molecule has 5 heteroatoms. The van der Waals surface area contributed by atoms with Crippen molar-refractivity contribution in [3.05, 3.63) is 28.0 Å². The third kappa shape index (κ3) is 2.50. The molecule has 1 heterocycles. The van der Waals surface area contributed by atoms with Crippen LogP contribution >= 0.6 is 15.9 Å². The maximum Gasteiger partial charge on any atom is 0.355 e. The van der Waals surface area contributed by atoms with Crippen LogP contribution in [0.4, 0.5) is 0 Å². The Morgan fingerprint density at radius 2 is 2.38 bits per heavy atom. The van der Waals surface area contributed by atoms with Crippen LogP contribution in [0, 0.1) is 0 Å². The molecule has 0 aliphatic heterocycles. The van der Waals surface area contributed by atoms with Crippen LogP contribution in [0.15, 0.2) is 16.6 Å². The Hall–Kier alpha value is -0.940. The van der Waals surface area contributed by atoms with Crippen molar-refractivity contribution in [1.82, 2.24) is 4.98 Å². The van der Waals surface area contributed by atoms with Crippen LogP contribution in [0.5, 0.6) is 0 Å². The Morgan fingerprint density at radius 1 is 1.69 bits per heavy atom. The van der Waals surface area contributed by atoms with Crippen LogP contribution in [-0.2, 0) is 11.3 Å². The zero-order chi connectivity index (χ0) is 9.84. The molecule has 0 aliphatic carbocycles. The smallest absolute Gasteiger partial charge is 0.355 e. The number of methoxy groups -OCH3 is 1. The van der Waals surface area contributed by atoms with Gasteiger partial charge in [0.05, 0.1) is 16.8 Å². The predicted molar refractivity (Wildman–Crippen MR) is 49.6 cm³/mol. The van der Waals surface area contributed by atoms with Crippen molar-refractivity contribution in [2.45, 2.75) is 6.61 Å². The zero-order valence-corrected chi connectivity index (χ0v) is 8.54. The third-order valence-corrected chi connectivity index (χ3v) is 2.04. The Balaban J connectivity index is 3.04. The van der Waals surface area contributed by atoms with E-state index in [9.17, 15) is 4.79 Å². The topological polar surface area (TPSA) is 59.4 Å². The van der Waals surface area contributed by atoms with Gasteiger partial charge < -0.3 is 9.84 Å². The molecule has 1 aromatic heterocycles. The van der Waals surface area contributed by atoms with Crippen molar-refractivity contribution in [3.8, 4) is 0 Å². The highest BCUT2D eigenvalue weighted by molar-refractivity contribution is 9.10. The van der Waals surface area contributed by atoms with E-state index in [1.807, 2.05) is 0 Å². The molecular formula is C8H8BrNO3. The Labute approximate surface area is 83.7 Å². The molecular weight excluding hydrogens is 238 g/mol. The molecule has 4 nitrogen and oxygen atoms in total. The van der Waals surface area contributed by atoms with E-state index in [1.54, 1.807) is 12.1 Å². The normalized spacial score (nSPS) is 10.0. The van der Waals surface area contributed by atoms with Crippen molar-refractivity contribution < 1.29 is 14.6 Å². The minimum absolute atomic E-state index is 0.00884. The average Bonchev–Trinajstić information content (AvgIpc) is 2.08. The maximum absolute atomic E-state index is 10.6. The van der Waals surface area contributed by atoms with E-state index in [-0.39, 0.29) is 5.69 Å². The van der Waals surface area contributed by atoms with Crippen LogP contribution in [0.25, 0.3) is 0 Å². The summed E-state index contributed by atoms with van der Waals surface area (Å²) in [6, 6.07) is 3.35. The van der Waals surface area contributed by atoms with E-state index in [1.165, 1.54) is 7.11 Å². The number of hydrogen-bond donors (Lipinski definition) is 1. The second-order valence-corrected chi connectivity index (χ2v) is 3.23. The van der Waals surface area contributed by atoms with Crippen molar-refractivity contribution in [1.29, 1.82) is 0 Å². The predicted octanol–water partition coefficient (Wildman–Crippen LogP) is 1.69. The van der Waals surface area contributed by atoms with Crippen LogP contribution in [0.3, 0.4) is 0 Å². The molecule has 0 atom stereocenters. The van der Waals surface area contributed by atoms with Gasteiger partial charge in [-0.1, -0.05) is 0 Å². The molecule has 0 radical (unpaired) electrons. The summed E-state index contributed by atoms with van der Waals surface area (Å²) in [7, 11) is 1.53. The fourth-order valence-corrected chi connectivity index (χ4v) is 1.25. The highest BCUT2D eigenvalue weighted by Gasteiger charge is 2.10. The molecule has 70 valence electrons. The Kier molecular flexibility index (Phi) is 3.39. The van der Waals surface area contributed by atoms with E-state index >= 15 is 0 Å². The molecule has 1 rings (SSSR count). The molecule has 0 unspecified atom stereocenters. The number of aromatic carboxylic acids is 1. The number of hydrogen-bond acceptors (Lipinski definition) is 3. The van der Waals surface area contributed by atoms with Crippen LogP contribution in [0.2, 0.25) is 0 Å². The summed E-state index contributed by atoms with van der Waals surface area (Å²) < 4.78 is 5.30. The van der Waals surface area contributed by atoms with Crippen molar-refractivity contribution in [3.63, 3.8) is 0 Å². The molecule has 13 heavy (non-hydrogen) atoms. The van der Waals surface area contributed by atoms with Gasteiger partial charge in [0.1, 0.15) is 0 Å². The second-order valence-electron chi connectivity index (χ2n) is 2.37. The number of ether oxygens (including phenoxy) is 1. The van der Waals surface area contributed by atoms with Crippen LogP contribution in [0.1, 0.15) is 16.2 Å². The standard InChI is InChI=1S/C8H8BrNO3/c1-13-4-5-2-3-6(9)7(10-5)8(11)12/h2-3H,4H2,1H3,(H,11,12). The minimum Gasteiger partial charge on any atom is -0.476 e. The first kappa shape index (κ1) is 10.1. The van der Waals surface area contributed by atoms with Crippen molar-refractivity contribution in [2.75, 3.05) is 7.11 Å².